The number of pyridine rings is 1. The van der Waals surface area contributed by atoms with E-state index in [1.165, 1.54) is 5.56 Å². The Labute approximate surface area is 171 Å². The number of amides is 1. The zero-order chi connectivity index (χ0) is 20.4. The van der Waals surface area contributed by atoms with Gasteiger partial charge >= 0.3 is 0 Å². The van der Waals surface area contributed by atoms with Crippen molar-refractivity contribution in [1.29, 1.82) is 0 Å². The molecular formula is C23H26N4O2. The highest BCUT2D eigenvalue weighted by Crippen LogP contribution is 2.33. The van der Waals surface area contributed by atoms with Crippen molar-refractivity contribution in [1.82, 2.24) is 19.9 Å². The second kappa shape index (κ2) is 8.07. The fraction of sp³-hybridized carbons (Fsp3) is 0.348. The minimum Gasteiger partial charge on any atom is -0.496 e. The standard InChI is InChI=1S/C23H26N4O2/c1-15-9-19(10-16(2)22(15)29-3)18-6-7-21-26-20(14-27(21)13-18)23(28)25-12-17-5-4-8-24-11-17/h4-5,8-11,14,18H,6-7,12-13H2,1-3H3,(H,25,28)/t18-/m0/s1. The van der Waals surface area contributed by atoms with Crippen LogP contribution in [0.1, 0.15) is 50.9 Å². The molecule has 0 fully saturated rings. The first-order chi connectivity index (χ1) is 14.0. The number of fused-ring (bicyclic) bond motifs is 1. The molecule has 3 aromatic rings. The smallest absolute Gasteiger partial charge is 0.271 e. The molecule has 0 unspecified atom stereocenters. The van der Waals surface area contributed by atoms with E-state index in [0.29, 0.717) is 18.2 Å². The first-order valence-electron chi connectivity index (χ1n) is 9.93. The monoisotopic (exact) mass is 390 g/mol. The van der Waals surface area contributed by atoms with Crippen molar-refractivity contribution in [2.75, 3.05) is 7.11 Å². The number of nitrogens with one attached hydrogen (secondary N) is 1. The van der Waals surface area contributed by atoms with E-state index in [-0.39, 0.29) is 5.91 Å². The van der Waals surface area contributed by atoms with Gasteiger partial charge in [-0.2, -0.15) is 0 Å². The van der Waals surface area contributed by atoms with E-state index in [9.17, 15) is 4.79 Å². The van der Waals surface area contributed by atoms with E-state index in [1.54, 1.807) is 19.5 Å². The van der Waals surface area contributed by atoms with Crippen LogP contribution in [0.5, 0.6) is 5.75 Å². The van der Waals surface area contributed by atoms with Crippen LogP contribution in [-0.4, -0.2) is 27.6 Å². The summed E-state index contributed by atoms with van der Waals surface area (Å²) in [6, 6.07) is 8.24. The van der Waals surface area contributed by atoms with Gasteiger partial charge in [-0.15, -0.1) is 0 Å². The Morgan fingerprint density at radius 3 is 2.79 bits per heavy atom. The Morgan fingerprint density at radius 1 is 1.31 bits per heavy atom. The lowest BCUT2D eigenvalue weighted by Crippen LogP contribution is -2.23. The van der Waals surface area contributed by atoms with Crippen LogP contribution in [0.15, 0.2) is 42.9 Å². The number of hydrogen-bond donors (Lipinski definition) is 1. The van der Waals surface area contributed by atoms with Crippen LogP contribution >= 0.6 is 0 Å². The number of rotatable bonds is 5. The van der Waals surface area contributed by atoms with Crippen molar-refractivity contribution in [3.63, 3.8) is 0 Å². The highest BCUT2D eigenvalue weighted by molar-refractivity contribution is 5.92. The second-order valence-corrected chi connectivity index (χ2v) is 7.66. The topological polar surface area (TPSA) is 69.0 Å². The molecule has 1 aromatic carbocycles. The zero-order valence-corrected chi connectivity index (χ0v) is 17.1. The molecule has 6 heteroatoms. The molecule has 4 rings (SSSR count). The first-order valence-corrected chi connectivity index (χ1v) is 9.93. The van der Waals surface area contributed by atoms with Gasteiger partial charge in [0.05, 0.1) is 7.11 Å². The van der Waals surface area contributed by atoms with Crippen molar-refractivity contribution in [2.45, 2.75) is 45.7 Å². The van der Waals surface area contributed by atoms with Crippen LogP contribution in [0.4, 0.5) is 0 Å². The molecule has 6 nitrogen and oxygen atoms in total. The SMILES string of the molecule is COc1c(C)cc([C@H]2CCc3nc(C(=O)NCc4cccnc4)cn3C2)cc1C. The van der Waals surface area contributed by atoms with Gasteiger partial charge in [0.25, 0.3) is 5.91 Å². The zero-order valence-electron chi connectivity index (χ0n) is 17.1. The molecule has 0 bridgehead atoms. The van der Waals surface area contributed by atoms with Gasteiger partial charge in [-0.25, -0.2) is 4.98 Å². The maximum atomic E-state index is 12.5. The Bertz CT molecular complexity index is 1000. The van der Waals surface area contributed by atoms with Crippen molar-refractivity contribution >= 4 is 5.91 Å². The predicted molar refractivity (Wildman–Crippen MR) is 111 cm³/mol. The third-order valence-corrected chi connectivity index (χ3v) is 5.56. The van der Waals surface area contributed by atoms with Gasteiger partial charge in [0.1, 0.15) is 17.3 Å². The Kier molecular flexibility index (Phi) is 5.34. The van der Waals surface area contributed by atoms with Crippen LogP contribution in [-0.2, 0) is 19.5 Å². The number of benzene rings is 1. The third-order valence-electron chi connectivity index (χ3n) is 5.56. The summed E-state index contributed by atoms with van der Waals surface area (Å²) in [5.74, 6) is 2.20. The fourth-order valence-electron chi connectivity index (χ4n) is 4.14. The van der Waals surface area contributed by atoms with E-state index in [1.807, 2.05) is 18.3 Å². The Hall–Kier alpha value is -3.15. The summed E-state index contributed by atoms with van der Waals surface area (Å²) in [6.45, 7) is 5.46. The lowest BCUT2D eigenvalue weighted by Gasteiger charge is -2.25. The molecule has 0 radical (unpaired) electrons. The number of ether oxygens (including phenoxy) is 1. The maximum absolute atomic E-state index is 12.5. The summed E-state index contributed by atoms with van der Waals surface area (Å²) in [5.41, 5.74) is 5.09. The largest absolute Gasteiger partial charge is 0.496 e. The van der Waals surface area contributed by atoms with Crippen LogP contribution in [0.3, 0.4) is 0 Å². The molecule has 1 N–H and O–H groups in total. The second-order valence-electron chi connectivity index (χ2n) is 7.66. The number of aryl methyl sites for hydroxylation is 3. The molecule has 1 aliphatic rings. The first kappa shape index (κ1) is 19.2. The summed E-state index contributed by atoms with van der Waals surface area (Å²) in [6.07, 6.45) is 7.24. The number of carbonyl (C=O) groups excluding carboxylic acids is 1. The quantitative estimate of drug-likeness (QED) is 0.723. The van der Waals surface area contributed by atoms with Gasteiger partial charge < -0.3 is 14.6 Å². The lowest BCUT2D eigenvalue weighted by molar-refractivity contribution is 0.0946. The molecule has 0 saturated heterocycles. The average Bonchev–Trinajstić information content (AvgIpc) is 3.16. The molecule has 3 heterocycles. The van der Waals surface area contributed by atoms with Crippen LogP contribution in [0.25, 0.3) is 0 Å². The Balaban J connectivity index is 1.47. The predicted octanol–water partition coefficient (Wildman–Crippen LogP) is 3.56. The number of hydrogen-bond acceptors (Lipinski definition) is 4. The van der Waals surface area contributed by atoms with Crippen molar-refractivity contribution in [3.8, 4) is 5.75 Å². The normalized spacial score (nSPS) is 15.6. The molecule has 2 aromatic heterocycles. The number of methoxy groups -OCH3 is 1. The highest BCUT2D eigenvalue weighted by atomic mass is 16.5. The average molecular weight is 390 g/mol. The highest BCUT2D eigenvalue weighted by Gasteiger charge is 2.24. The molecule has 1 amide bonds. The van der Waals surface area contributed by atoms with Crippen LogP contribution < -0.4 is 10.1 Å². The molecular weight excluding hydrogens is 364 g/mol. The van der Waals surface area contributed by atoms with Gasteiger partial charge in [-0.3, -0.25) is 9.78 Å². The van der Waals surface area contributed by atoms with Crippen molar-refractivity contribution in [3.05, 3.63) is 76.6 Å². The summed E-state index contributed by atoms with van der Waals surface area (Å²) >= 11 is 0. The number of carbonyl (C=O) groups is 1. The molecule has 0 spiro atoms. The number of nitrogens with zero attached hydrogens (tertiary/aromatic N) is 3. The summed E-state index contributed by atoms with van der Waals surface area (Å²) in [7, 11) is 1.72. The summed E-state index contributed by atoms with van der Waals surface area (Å²) < 4.78 is 7.62. The van der Waals surface area contributed by atoms with Crippen molar-refractivity contribution in [2.24, 2.45) is 0 Å². The van der Waals surface area contributed by atoms with E-state index < -0.39 is 0 Å². The van der Waals surface area contributed by atoms with E-state index in [2.05, 4.69) is 45.8 Å². The fourth-order valence-corrected chi connectivity index (χ4v) is 4.14. The molecule has 1 aliphatic heterocycles. The number of aromatic nitrogens is 3. The summed E-state index contributed by atoms with van der Waals surface area (Å²) in [5, 5.41) is 2.93. The van der Waals surface area contributed by atoms with Gasteiger partial charge in [-0.1, -0.05) is 18.2 Å². The third kappa shape index (κ3) is 4.01. The van der Waals surface area contributed by atoms with Crippen LogP contribution in [0, 0.1) is 13.8 Å². The Morgan fingerprint density at radius 2 is 2.10 bits per heavy atom. The van der Waals surface area contributed by atoms with Crippen LogP contribution in [0.2, 0.25) is 0 Å². The maximum Gasteiger partial charge on any atom is 0.271 e. The van der Waals surface area contributed by atoms with E-state index >= 15 is 0 Å². The van der Waals surface area contributed by atoms with Crippen molar-refractivity contribution < 1.29 is 9.53 Å². The van der Waals surface area contributed by atoms with Gasteiger partial charge in [0.15, 0.2) is 0 Å². The van der Waals surface area contributed by atoms with E-state index in [4.69, 9.17) is 4.74 Å². The molecule has 150 valence electrons. The molecule has 1 atom stereocenters. The minimum absolute atomic E-state index is 0.150. The molecule has 0 saturated carbocycles. The minimum atomic E-state index is -0.150. The lowest BCUT2D eigenvalue weighted by atomic mass is 9.89. The van der Waals surface area contributed by atoms with Gasteiger partial charge in [0.2, 0.25) is 0 Å². The number of imidazole rings is 1. The van der Waals surface area contributed by atoms with Gasteiger partial charge in [-0.05, 0) is 48.6 Å². The molecule has 0 aliphatic carbocycles. The van der Waals surface area contributed by atoms with Gasteiger partial charge in [0, 0.05) is 44.0 Å². The summed E-state index contributed by atoms with van der Waals surface area (Å²) in [4.78, 5) is 21.2. The molecule has 29 heavy (non-hydrogen) atoms. The van der Waals surface area contributed by atoms with E-state index in [0.717, 1.165) is 47.7 Å².